The van der Waals surface area contributed by atoms with Crippen molar-refractivity contribution in [3.05, 3.63) is 155 Å². The van der Waals surface area contributed by atoms with Crippen LogP contribution in [0.4, 0.5) is 17.1 Å². The number of oxime groups is 1. The first-order chi connectivity index (χ1) is 22.3. The van der Waals surface area contributed by atoms with Gasteiger partial charge in [-0.1, -0.05) is 65.3 Å². The smallest absolute Gasteiger partial charge is 0.318 e. The fourth-order valence-corrected chi connectivity index (χ4v) is 5.78. The summed E-state index contributed by atoms with van der Waals surface area (Å²) in [5.41, 5.74) is 6.61. The van der Waals surface area contributed by atoms with Crippen LogP contribution in [0.3, 0.4) is 0 Å². The van der Waals surface area contributed by atoms with Crippen LogP contribution in [0.15, 0.2) is 137 Å². The average molecular weight is 627 g/mol. The second-order valence-corrected chi connectivity index (χ2v) is 11.9. The normalized spacial score (nSPS) is 11.2. The Morgan fingerprint density at radius 1 is 0.674 bits per heavy atom. The average Bonchev–Trinajstić information content (AvgIpc) is 3.08. The SMILES string of the molecule is CC(=O)ON=C(CCSc1ccc(C)cc1)C(=O)c1ccc(N(c2ccccc2)c2ccc(C(=O)c3ccccc3C)cc2)cc1. The predicted octanol–water partition coefficient (Wildman–Crippen LogP) is 9.29. The third-order valence-electron chi connectivity index (χ3n) is 7.35. The van der Waals surface area contributed by atoms with Gasteiger partial charge in [0, 0.05) is 57.7 Å². The van der Waals surface area contributed by atoms with Gasteiger partial charge in [-0.25, -0.2) is 4.79 Å². The van der Waals surface area contributed by atoms with Crippen LogP contribution in [0.25, 0.3) is 0 Å². The third-order valence-corrected chi connectivity index (χ3v) is 8.37. The van der Waals surface area contributed by atoms with Crippen molar-refractivity contribution in [1.82, 2.24) is 0 Å². The van der Waals surface area contributed by atoms with Crippen molar-refractivity contribution in [2.24, 2.45) is 5.16 Å². The Morgan fingerprint density at radius 2 is 1.24 bits per heavy atom. The van der Waals surface area contributed by atoms with Crippen molar-refractivity contribution < 1.29 is 19.2 Å². The number of para-hydroxylation sites is 1. The molecule has 0 N–H and O–H groups in total. The Kier molecular flexibility index (Phi) is 10.6. The van der Waals surface area contributed by atoms with Crippen LogP contribution in [0.2, 0.25) is 0 Å². The Labute approximate surface area is 273 Å². The molecule has 5 rings (SSSR count). The molecule has 0 spiro atoms. The minimum Gasteiger partial charge on any atom is -0.318 e. The van der Waals surface area contributed by atoms with Crippen molar-refractivity contribution in [2.75, 3.05) is 10.7 Å². The second-order valence-electron chi connectivity index (χ2n) is 10.8. The predicted molar refractivity (Wildman–Crippen MR) is 186 cm³/mol. The van der Waals surface area contributed by atoms with Gasteiger partial charge in [0.05, 0.1) is 0 Å². The number of hydrogen-bond donors (Lipinski definition) is 0. The molecule has 46 heavy (non-hydrogen) atoms. The van der Waals surface area contributed by atoms with E-state index in [0.717, 1.165) is 27.5 Å². The Bertz CT molecular complexity index is 1850. The molecular formula is C39H34N2O4S. The second kappa shape index (κ2) is 15.1. The van der Waals surface area contributed by atoms with Gasteiger partial charge in [-0.15, -0.1) is 11.8 Å². The number of Topliss-reactive ketones (excluding diaryl/α,β-unsaturated/α-hetero) is 1. The lowest BCUT2D eigenvalue weighted by Gasteiger charge is -2.25. The largest absolute Gasteiger partial charge is 0.331 e. The lowest BCUT2D eigenvalue weighted by atomic mass is 9.99. The molecular weight excluding hydrogens is 593 g/mol. The third kappa shape index (κ3) is 8.06. The van der Waals surface area contributed by atoms with Crippen molar-refractivity contribution in [3.8, 4) is 0 Å². The fraction of sp³-hybridized carbons (Fsp3) is 0.128. The van der Waals surface area contributed by atoms with Gasteiger partial charge in [-0.2, -0.15) is 0 Å². The molecule has 0 heterocycles. The zero-order valence-electron chi connectivity index (χ0n) is 26.0. The number of anilines is 3. The highest BCUT2D eigenvalue weighted by Crippen LogP contribution is 2.35. The molecule has 0 fully saturated rings. The molecule has 0 saturated carbocycles. The quantitative estimate of drug-likeness (QED) is 0.0452. The summed E-state index contributed by atoms with van der Waals surface area (Å²) in [5.74, 6) is -0.321. The standard InChI is InChI=1S/C39H34N2O4S/c1-27-13-23-35(24-14-27)46-26-25-37(40-45-29(3)42)39(44)31-17-21-34(22-18-31)41(32-10-5-4-6-11-32)33-19-15-30(16-20-33)38(43)36-12-8-7-9-28(36)2/h4-24H,25-26H2,1-3H3. The number of thioether (sulfide) groups is 1. The van der Waals surface area contributed by atoms with E-state index in [1.807, 2.05) is 129 Å². The van der Waals surface area contributed by atoms with Gasteiger partial charge >= 0.3 is 5.97 Å². The number of ketones is 2. The van der Waals surface area contributed by atoms with Crippen LogP contribution in [-0.4, -0.2) is 29.0 Å². The van der Waals surface area contributed by atoms with E-state index in [9.17, 15) is 14.4 Å². The van der Waals surface area contributed by atoms with E-state index in [0.29, 0.717) is 28.9 Å². The van der Waals surface area contributed by atoms with Crippen LogP contribution < -0.4 is 4.90 Å². The maximum atomic E-state index is 13.5. The number of benzene rings is 5. The Morgan fingerprint density at radius 3 is 1.85 bits per heavy atom. The highest BCUT2D eigenvalue weighted by atomic mass is 32.2. The molecule has 0 saturated heterocycles. The molecule has 0 amide bonds. The van der Waals surface area contributed by atoms with Gasteiger partial charge in [0.2, 0.25) is 5.78 Å². The number of hydrogen-bond acceptors (Lipinski definition) is 7. The van der Waals surface area contributed by atoms with E-state index >= 15 is 0 Å². The van der Waals surface area contributed by atoms with Crippen molar-refractivity contribution >= 4 is 52.1 Å². The number of nitrogens with zero attached hydrogens (tertiary/aromatic N) is 2. The summed E-state index contributed by atoms with van der Waals surface area (Å²) in [6.45, 7) is 5.22. The minimum absolute atomic E-state index is 0.0257. The van der Waals surface area contributed by atoms with E-state index in [-0.39, 0.29) is 17.3 Å². The topological polar surface area (TPSA) is 76.0 Å². The van der Waals surface area contributed by atoms with Crippen LogP contribution in [0, 0.1) is 13.8 Å². The zero-order valence-corrected chi connectivity index (χ0v) is 26.8. The van der Waals surface area contributed by atoms with Gasteiger partial charge in [-0.3, -0.25) is 9.59 Å². The Hall–Kier alpha value is -5.27. The van der Waals surface area contributed by atoms with Gasteiger partial charge in [0.1, 0.15) is 5.71 Å². The zero-order chi connectivity index (χ0) is 32.5. The molecule has 6 nitrogen and oxygen atoms in total. The molecule has 5 aromatic rings. The summed E-state index contributed by atoms with van der Waals surface area (Å²) in [6, 6.07) is 40.4. The maximum Gasteiger partial charge on any atom is 0.331 e. The highest BCUT2D eigenvalue weighted by molar-refractivity contribution is 7.99. The number of aryl methyl sites for hydroxylation is 2. The summed E-state index contributed by atoms with van der Waals surface area (Å²) in [4.78, 5) is 46.3. The molecule has 0 radical (unpaired) electrons. The van der Waals surface area contributed by atoms with Crippen molar-refractivity contribution in [2.45, 2.75) is 32.1 Å². The van der Waals surface area contributed by atoms with Crippen LogP contribution >= 0.6 is 11.8 Å². The van der Waals surface area contributed by atoms with E-state index in [1.165, 1.54) is 12.5 Å². The minimum atomic E-state index is -0.586. The number of carbonyl (C=O) groups is 3. The number of rotatable bonds is 12. The molecule has 230 valence electrons. The first-order valence-corrected chi connectivity index (χ1v) is 15.9. The van der Waals surface area contributed by atoms with Crippen LogP contribution in [0.1, 0.15) is 50.8 Å². The van der Waals surface area contributed by atoms with Gasteiger partial charge in [0.25, 0.3) is 0 Å². The molecule has 0 aliphatic rings. The van der Waals surface area contributed by atoms with E-state index < -0.39 is 5.97 Å². The first kappa shape index (κ1) is 32.1. The van der Waals surface area contributed by atoms with Crippen molar-refractivity contribution in [3.63, 3.8) is 0 Å². The summed E-state index contributed by atoms with van der Waals surface area (Å²) in [5, 5.41) is 3.91. The van der Waals surface area contributed by atoms with Crippen LogP contribution in [-0.2, 0) is 9.63 Å². The molecule has 0 unspecified atom stereocenters. The Balaban J connectivity index is 1.38. The maximum absolute atomic E-state index is 13.5. The lowest BCUT2D eigenvalue weighted by molar-refractivity contribution is -0.140. The van der Waals surface area contributed by atoms with Crippen LogP contribution in [0.5, 0.6) is 0 Å². The molecule has 0 aromatic heterocycles. The van der Waals surface area contributed by atoms with Crippen molar-refractivity contribution in [1.29, 1.82) is 0 Å². The summed E-state index contributed by atoms with van der Waals surface area (Å²) in [6.07, 6.45) is 0.329. The van der Waals surface area contributed by atoms with E-state index in [1.54, 1.807) is 23.9 Å². The van der Waals surface area contributed by atoms with Gasteiger partial charge in [-0.05, 0) is 92.2 Å². The first-order valence-electron chi connectivity index (χ1n) is 14.9. The molecule has 0 bridgehead atoms. The summed E-state index contributed by atoms with van der Waals surface area (Å²) >= 11 is 1.61. The molecule has 5 aromatic carbocycles. The van der Waals surface area contributed by atoms with E-state index in [4.69, 9.17) is 4.84 Å². The summed E-state index contributed by atoms with van der Waals surface area (Å²) < 4.78 is 0. The monoisotopic (exact) mass is 626 g/mol. The van der Waals surface area contributed by atoms with E-state index in [2.05, 4.69) is 10.1 Å². The number of carbonyl (C=O) groups excluding carboxylic acids is 3. The van der Waals surface area contributed by atoms with Gasteiger partial charge < -0.3 is 9.74 Å². The molecule has 0 aliphatic heterocycles. The van der Waals surface area contributed by atoms with Gasteiger partial charge in [0.15, 0.2) is 5.78 Å². The summed E-state index contributed by atoms with van der Waals surface area (Å²) in [7, 11) is 0. The fourth-order valence-electron chi connectivity index (χ4n) is 4.92. The molecule has 7 heteroatoms. The molecule has 0 atom stereocenters. The lowest BCUT2D eigenvalue weighted by Crippen LogP contribution is -2.17. The highest BCUT2D eigenvalue weighted by Gasteiger charge is 2.19. The molecule has 0 aliphatic carbocycles.